The Balaban J connectivity index is 1.60. The summed E-state index contributed by atoms with van der Waals surface area (Å²) in [4.78, 5) is 16.3. The maximum Gasteiger partial charge on any atom is 0.251 e. The van der Waals surface area contributed by atoms with Crippen LogP contribution < -0.4 is 10.6 Å². The Morgan fingerprint density at radius 3 is 2.31 bits per heavy atom. The Kier molecular flexibility index (Phi) is 7.17. The molecule has 3 rings (SSSR count). The van der Waals surface area contributed by atoms with E-state index in [-0.39, 0.29) is 5.91 Å². The molecule has 0 radical (unpaired) electrons. The smallest absolute Gasteiger partial charge is 0.251 e. The van der Waals surface area contributed by atoms with E-state index in [1.165, 1.54) is 0 Å². The van der Waals surface area contributed by atoms with Gasteiger partial charge in [0.05, 0.1) is 0 Å². The second-order valence-electron chi connectivity index (χ2n) is 7.38. The summed E-state index contributed by atoms with van der Waals surface area (Å²) < 4.78 is 0. The van der Waals surface area contributed by atoms with Crippen molar-refractivity contribution in [2.75, 3.05) is 11.9 Å². The normalized spacial score (nSPS) is 11.0. The third-order valence-electron chi connectivity index (χ3n) is 4.51. The molecule has 0 aliphatic heterocycles. The number of hydrogen-bond donors (Lipinski definition) is 2. The number of nitrogens with one attached hydrogen (secondary N) is 2. The average molecular weight is 386 g/mol. The molecule has 1 heterocycles. The minimum Gasteiger partial charge on any atom is -0.356 e. The summed E-state index contributed by atoms with van der Waals surface area (Å²) in [6, 6.07) is 19.7. The van der Waals surface area contributed by atoms with Crippen LogP contribution in [0.15, 0.2) is 73.1 Å². The van der Waals surface area contributed by atoms with Crippen molar-refractivity contribution >= 4 is 29.4 Å². The van der Waals surface area contributed by atoms with E-state index in [2.05, 4.69) is 53.7 Å². The Bertz CT molecular complexity index is 947. The molecule has 4 heteroatoms. The average Bonchev–Trinajstić information content (AvgIpc) is 2.74. The molecular formula is C25H27N3O. The van der Waals surface area contributed by atoms with E-state index in [4.69, 9.17) is 0 Å². The summed E-state index contributed by atoms with van der Waals surface area (Å²) >= 11 is 0. The first-order chi connectivity index (χ1) is 14.1. The van der Waals surface area contributed by atoms with E-state index in [1.807, 2.05) is 48.5 Å². The van der Waals surface area contributed by atoms with Crippen LogP contribution in [0.1, 0.15) is 41.8 Å². The monoisotopic (exact) mass is 385 g/mol. The molecule has 1 aromatic heterocycles. The molecule has 0 unspecified atom stereocenters. The van der Waals surface area contributed by atoms with E-state index in [0.29, 0.717) is 18.0 Å². The summed E-state index contributed by atoms with van der Waals surface area (Å²) in [6.07, 6.45) is 8.68. The highest BCUT2D eigenvalue weighted by Crippen LogP contribution is 2.19. The first kappa shape index (κ1) is 20.3. The van der Waals surface area contributed by atoms with Crippen LogP contribution >= 0.6 is 0 Å². The maximum atomic E-state index is 12.3. The standard InChI is InChI=1S/C25H27N3O/c1-19(2)12-17-27-25(29)22-4-3-5-24(18-22)28-23-10-8-20(9-11-23)6-7-21-13-15-26-16-14-21/h3-11,13-16,18-19,28H,12,17H2,1-2H3,(H,27,29)/b7-6+. The summed E-state index contributed by atoms with van der Waals surface area (Å²) in [6.45, 7) is 5.00. The van der Waals surface area contributed by atoms with Crippen LogP contribution in [0, 0.1) is 5.92 Å². The van der Waals surface area contributed by atoms with Crippen molar-refractivity contribution in [3.05, 3.63) is 89.7 Å². The van der Waals surface area contributed by atoms with Crippen molar-refractivity contribution in [1.29, 1.82) is 0 Å². The lowest BCUT2D eigenvalue weighted by molar-refractivity contribution is 0.0952. The molecule has 0 spiro atoms. The molecule has 29 heavy (non-hydrogen) atoms. The molecule has 0 aliphatic carbocycles. The second-order valence-corrected chi connectivity index (χ2v) is 7.38. The van der Waals surface area contributed by atoms with Crippen LogP contribution in [0.4, 0.5) is 11.4 Å². The number of benzene rings is 2. The van der Waals surface area contributed by atoms with Gasteiger partial charge in [-0.05, 0) is 65.9 Å². The number of carbonyl (C=O) groups is 1. The first-order valence-electron chi connectivity index (χ1n) is 9.93. The number of carbonyl (C=O) groups excluding carboxylic acids is 1. The van der Waals surface area contributed by atoms with Gasteiger partial charge in [0.25, 0.3) is 5.91 Å². The number of amides is 1. The third kappa shape index (κ3) is 6.61. The van der Waals surface area contributed by atoms with Gasteiger partial charge in [-0.25, -0.2) is 0 Å². The molecule has 0 saturated carbocycles. The summed E-state index contributed by atoms with van der Waals surface area (Å²) in [5, 5.41) is 6.34. The maximum absolute atomic E-state index is 12.3. The fourth-order valence-electron chi connectivity index (χ4n) is 2.83. The third-order valence-corrected chi connectivity index (χ3v) is 4.51. The van der Waals surface area contributed by atoms with Crippen molar-refractivity contribution in [2.24, 2.45) is 5.92 Å². The summed E-state index contributed by atoms with van der Waals surface area (Å²) in [7, 11) is 0. The largest absolute Gasteiger partial charge is 0.356 e. The van der Waals surface area contributed by atoms with Gasteiger partial charge >= 0.3 is 0 Å². The molecule has 1 amide bonds. The van der Waals surface area contributed by atoms with E-state index in [1.54, 1.807) is 12.4 Å². The highest BCUT2D eigenvalue weighted by Gasteiger charge is 2.06. The topological polar surface area (TPSA) is 54.0 Å². The fourth-order valence-corrected chi connectivity index (χ4v) is 2.83. The molecule has 0 saturated heterocycles. The molecule has 148 valence electrons. The number of nitrogens with zero attached hydrogens (tertiary/aromatic N) is 1. The number of aromatic nitrogens is 1. The van der Waals surface area contributed by atoms with E-state index in [0.717, 1.165) is 28.9 Å². The highest BCUT2D eigenvalue weighted by molar-refractivity contribution is 5.95. The molecule has 2 N–H and O–H groups in total. The number of anilines is 2. The van der Waals surface area contributed by atoms with Gasteiger partial charge in [0, 0.05) is 35.9 Å². The lowest BCUT2D eigenvalue weighted by Gasteiger charge is -2.10. The Morgan fingerprint density at radius 1 is 0.931 bits per heavy atom. The van der Waals surface area contributed by atoms with Gasteiger partial charge in [0.1, 0.15) is 0 Å². The van der Waals surface area contributed by atoms with Crippen molar-refractivity contribution < 1.29 is 4.79 Å². The van der Waals surface area contributed by atoms with Crippen molar-refractivity contribution in [3.8, 4) is 0 Å². The van der Waals surface area contributed by atoms with Gasteiger partial charge < -0.3 is 10.6 Å². The predicted octanol–water partition coefficient (Wildman–Crippen LogP) is 5.77. The van der Waals surface area contributed by atoms with Gasteiger partial charge in [-0.2, -0.15) is 0 Å². The molecule has 2 aromatic carbocycles. The lowest BCUT2D eigenvalue weighted by Crippen LogP contribution is -2.25. The minimum absolute atomic E-state index is 0.0362. The van der Waals surface area contributed by atoms with Crippen LogP contribution in [-0.4, -0.2) is 17.4 Å². The van der Waals surface area contributed by atoms with Gasteiger partial charge in [-0.15, -0.1) is 0 Å². The number of pyridine rings is 1. The zero-order valence-electron chi connectivity index (χ0n) is 16.9. The van der Waals surface area contributed by atoms with Crippen molar-refractivity contribution in [3.63, 3.8) is 0 Å². The van der Waals surface area contributed by atoms with E-state index >= 15 is 0 Å². The first-order valence-corrected chi connectivity index (χ1v) is 9.93. The Labute approximate surface area is 172 Å². The van der Waals surface area contributed by atoms with Gasteiger partial charge in [-0.1, -0.05) is 44.2 Å². The fraction of sp³-hybridized carbons (Fsp3) is 0.200. The predicted molar refractivity (Wildman–Crippen MR) is 121 cm³/mol. The van der Waals surface area contributed by atoms with E-state index < -0.39 is 0 Å². The molecule has 0 fully saturated rings. The second kappa shape index (κ2) is 10.2. The molecular weight excluding hydrogens is 358 g/mol. The molecule has 0 bridgehead atoms. The van der Waals surface area contributed by atoms with Gasteiger partial charge in [-0.3, -0.25) is 9.78 Å². The Hall–Kier alpha value is -3.40. The lowest BCUT2D eigenvalue weighted by atomic mass is 10.1. The number of rotatable bonds is 8. The van der Waals surface area contributed by atoms with Crippen LogP contribution in [0.3, 0.4) is 0 Å². The molecule has 0 aliphatic rings. The quantitative estimate of drug-likeness (QED) is 0.517. The molecule has 4 nitrogen and oxygen atoms in total. The highest BCUT2D eigenvalue weighted by atomic mass is 16.1. The van der Waals surface area contributed by atoms with Crippen molar-refractivity contribution in [2.45, 2.75) is 20.3 Å². The van der Waals surface area contributed by atoms with Crippen LogP contribution in [0.25, 0.3) is 12.2 Å². The molecule has 3 aromatic rings. The van der Waals surface area contributed by atoms with Crippen LogP contribution in [0.2, 0.25) is 0 Å². The minimum atomic E-state index is -0.0362. The van der Waals surface area contributed by atoms with Crippen LogP contribution in [0.5, 0.6) is 0 Å². The van der Waals surface area contributed by atoms with E-state index in [9.17, 15) is 4.79 Å². The summed E-state index contributed by atoms with van der Waals surface area (Å²) in [5.41, 5.74) is 4.76. The van der Waals surface area contributed by atoms with Crippen molar-refractivity contribution in [1.82, 2.24) is 10.3 Å². The molecule has 0 atom stereocenters. The summed E-state index contributed by atoms with van der Waals surface area (Å²) in [5.74, 6) is 0.539. The van der Waals surface area contributed by atoms with Crippen LogP contribution in [-0.2, 0) is 0 Å². The number of hydrogen-bond acceptors (Lipinski definition) is 3. The zero-order valence-corrected chi connectivity index (χ0v) is 16.9. The van der Waals surface area contributed by atoms with Gasteiger partial charge in [0.2, 0.25) is 0 Å². The van der Waals surface area contributed by atoms with Gasteiger partial charge in [0.15, 0.2) is 0 Å². The zero-order chi connectivity index (χ0) is 20.5. The SMILES string of the molecule is CC(C)CCNC(=O)c1cccc(Nc2ccc(/C=C/c3ccncc3)cc2)c1. The Morgan fingerprint density at radius 2 is 1.62 bits per heavy atom.